The molecule has 0 spiro atoms. The van der Waals surface area contributed by atoms with E-state index in [1.54, 1.807) is 24.3 Å². The highest BCUT2D eigenvalue weighted by Gasteiger charge is 2.07. The highest BCUT2D eigenvalue weighted by Crippen LogP contribution is 2.29. The molecule has 3 rings (SSSR count). The van der Waals surface area contributed by atoms with Crippen LogP contribution in [0.4, 0.5) is 4.39 Å². The highest BCUT2D eigenvalue weighted by atomic mass is 19.1. The van der Waals surface area contributed by atoms with Crippen LogP contribution in [0, 0.1) is 17.1 Å². The molecule has 0 saturated heterocycles. The zero-order chi connectivity index (χ0) is 11.1. The van der Waals surface area contributed by atoms with Crippen molar-refractivity contribution >= 4 is 21.9 Å². The molecular weight excluding hydrogens is 205 g/mol. The van der Waals surface area contributed by atoms with E-state index in [0.717, 1.165) is 10.8 Å². The molecule has 1 heterocycles. The smallest absolute Gasteiger partial charge is 0.138 e. The Balaban J connectivity index is 2.48. The molecular formula is C13H6FNO. The first-order valence-corrected chi connectivity index (χ1v) is 4.80. The van der Waals surface area contributed by atoms with Crippen molar-refractivity contribution < 1.29 is 8.81 Å². The summed E-state index contributed by atoms with van der Waals surface area (Å²) in [6.07, 6.45) is 0. The fraction of sp³-hybridized carbons (Fsp3) is 0. The van der Waals surface area contributed by atoms with E-state index >= 15 is 0 Å². The third-order valence-corrected chi connectivity index (χ3v) is 2.56. The Labute approximate surface area is 90.5 Å². The molecule has 3 aromatic rings. The minimum absolute atomic E-state index is 0.327. The van der Waals surface area contributed by atoms with Gasteiger partial charge in [-0.2, -0.15) is 5.26 Å². The van der Waals surface area contributed by atoms with Gasteiger partial charge in [-0.15, -0.1) is 0 Å². The lowest BCUT2D eigenvalue weighted by Crippen LogP contribution is -1.73. The monoisotopic (exact) mass is 211 g/mol. The number of fused-ring (bicyclic) bond motifs is 3. The lowest BCUT2D eigenvalue weighted by atomic mass is 10.1. The van der Waals surface area contributed by atoms with Crippen LogP contribution in [-0.4, -0.2) is 0 Å². The summed E-state index contributed by atoms with van der Waals surface area (Å²) >= 11 is 0. The molecule has 2 nitrogen and oxygen atoms in total. The predicted octanol–water partition coefficient (Wildman–Crippen LogP) is 3.60. The fourth-order valence-electron chi connectivity index (χ4n) is 1.82. The molecule has 76 valence electrons. The number of benzene rings is 2. The SMILES string of the molecule is N#Cc1ccc2oc3cc(F)ccc3c2c1. The van der Waals surface area contributed by atoms with Gasteiger partial charge in [-0.3, -0.25) is 0 Å². The lowest BCUT2D eigenvalue weighted by molar-refractivity contribution is 0.618. The minimum atomic E-state index is -0.327. The Morgan fingerprint density at radius 3 is 2.69 bits per heavy atom. The molecule has 0 atom stereocenters. The van der Waals surface area contributed by atoms with Crippen molar-refractivity contribution in [1.82, 2.24) is 0 Å². The third kappa shape index (κ3) is 1.17. The molecule has 0 amide bonds. The van der Waals surface area contributed by atoms with Gasteiger partial charge in [0.25, 0.3) is 0 Å². The van der Waals surface area contributed by atoms with Crippen LogP contribution in [-0.2, 0) is 0 Å². The Morgan fingerprint density at radius 1 is 1.00 bits per heavy atom. The first-order valence-electron chi connectivity index (χ1n) is 4.80. The van der Waals surface area contributed by atoms with Gasteiger partial charge >= 0.3 is 0 Å². The Kier molecular flexibility index (Phi) is 1.72. The average molecular weight is 211 g/mol. The Morgan fingerprint density at radius 2 is 1.88 bits per heavy atom. The van der Waals surface area contributed by atoms with Crippen LogP contribution in [0.5, 0.6) is 0 Å². The molecule has 16 heavy (non-hydrogen) atoms. The molecule has 0 bridgehead atoms. The molecule has 0 fully saturated rings. The lowest BCUT2D eigenvalue weighted by Gasteiger charge is -1.90. The van der Waals surface area contributed by atoms with Crippen molar-refractivity contribution in [1.29, 1.82) is 5.26 Å². The number of halogens is 1. The molecule has 0 aliphatic heterocycles. The van der Waals surface area contributed by atoms with Gasteiger partial charge in [0.2, 0.25) is 0 Å². The summed E-state index contributed by atoms with van der Waals surface area (Å²) in [5.41, 5.74) is 1.74. The van der Waals surface area contributed by atoms with E-state index in [2.05, 4.69) is 6.07 Å². The number of furan rings is 1. The van der Waals surface area contributed by atoms with Crippen molar-refractivity contribution in [3.05, 3.63) is 47.8 Å². The average Bonchev–Trinajstić information content (AvgIpc) is 2.65. The summed E-state index contributed by atoms with van der Waals surface area (Å²) in [6.45, 7) is 0. The molecule has 0 N–H and O–H groups in total. The van der Waals surface area contributed by atoms with Crippen LogP contribution in [0.2, 0.25) is 0 Å². The second-order valence-electron chi connectivity index (χ2n) is 3.57. The number of rotatable bonds is 0. The van der Waals surface area contributed by atoms with Gasteiger partial charge in [-0.05, 0) is 30.3 Å². The zero-order valence-electron chi connectivity index (χ0n) is 8.20. The minimum Gasteiger partial charge on any atom is -0.456 e. The molecule has 0 radical (unpaired) electrons. The van der Waals surface area contributed by atoms with Crippen LogP contribution in [0.25, 0.3) is 21.9 Å². The Bertz CT molecular complexity index is 737. The van der Waals surface area contributed by atoms with E-state index in [1.807, 2.05) is 0 Å². The summed E-state index contributed by atoms with van der Waals surface area (Å²) in [6, 6.07) is 11.6. The first-order chi connectivity index (χ1) is 7.78. The van der Waals surface area contributed by atoms with E-state index in [-0.39, 0.29) is 5.82 Å². The van der Waals surface area contributed by atoms with Crippen molar-refractivity contribution in [2.45, 2.75) is 0 Å². The summed E-state index contributed by atoms with van der Waals surface area (Å²) in [5, 5.41) is 10.5. The van der Waals surface area contributed by atoms with Gasteiger partial charge in [-0.25, -0.2) is 4.39 Å². The van der Waals surface area contributed by atoms with Crippen LogP contribution in [0.15, 0.2) is 40.8 Å². The number of hydrogen-bond donors (Lipinski definition) is 0. The van der Waals surface area contributed by atoms with Gasteiger partial charge in [-0.1, -0.05) is 0 Å². The Hall–Kier alpha value is -2.34. The van der Waals surface area contributed by atoms with Crippen LogP contribution in [0.1, 0.15) is 5.56 Å². The fourth-order valence-corrected chi connectivity index (χ4v) is 1.82. The van der Waals surface area contributed by atoms with Crippen LogP contribution < -0.4 is 0 Å². The maximum absolute atomic E-state index is 13.0. The topological polar surface area (TPSA) is 36.9 Å². The van der Waals surface area contributed by atoms with Crippen molar-refractivity contribution in [3.8, 4) is 6.07 Å². The quantitative estimate of drug-likeness (QED) is 0.569. The van der Waals surface area contributed by atoms with Gasteiger partial charge < -0.3 is 4.42 Å². The number of hydrogen-bond acceptors (Lipinski definition) is 2. The van der Waals surface area contributed by atoms with Crippen LogP contribution in [0.3, 0.4) is 0 Å². The predicted molar refractivity (Wildman–Crippen MR) is 58.4 cm³/mol. The third-order valence-electron chi connectivity index (χ3n) is 2.56. The molecule has 0 unspecified atom stereocenters. The number of nitriles is 1. The maximum Gasteiger partial charge on any atom is 0.138 e. The molecule has 0 aliphatic rings. The van der Waals surface area contributed by atoms with Crippen LogP contribution >= 0.6 is 0 Å². The van der Waals surface area contributed by atoms with Gasteiger partial charge in [0.1, 0.15) is 17.0 Å². The zero-order valence-corrected chi connectivity index (χ0v) is 8.20. The van der Waals surface area contributed by atoms with Gasteiger partial charge in [0.05, 0.1) is 11.6 Å². The standard InChI is InChI=1S/C13H6FNO/c14-9-2-3-10-11-5-8(7-15)1-4-12(11)16-13(10)6-9/h1-6H. The summed E-state index contributed by atoms with van der Waals surface area (Å²) in [4.78, 5) is 0. The molecule has 0 saturated carbocycles. The van der Waals surface area contributed by atoms with Gasteiger partial charge in [0.15, 0.2) is 0 Å². The largest absolute Gasteiger partial charge is 0.456 e. The molecule has 3 heteroatoms. The molecule has 2 aromatic carbocycles. The summed E-state index contributed by atoms with van der Waals surface area (Å²) < 4.78 is 18.5. The van der Waals surface area contributed by atoms with Gasteiger partial charge in [0, 0.05) is 16.8 Å². The molecule has 0 aliphatic carbocycles. The maximum atomic E-state index is 13.0. The second-order valence-corrected chi connectivity index (χ2v) is 3.57. The van der Waals surface area contributed by atoms with E-state index in [0.29, 0.717) is 16.7 Å². The van der Waals surface area contributed by atoms with E-state index in [9.17, 15) is 4.39 Å². The van der Waals surface area contributed by atoms with E-state index in [1.165, 1.54) is 12.1 Å². The van der Waals surface area contributed by atoms with Crippen molar-refractivity contribution in [3.63, 3.8) is 0 Å². The highest BCUT2D eigenvalue weighted by molar-refractivity contribution is 6.05. The van der Waals surface area contributed by atoms with E-state index in [4.69, 9.17) is 9.68 Å². The second kappa shape index (κ2) is 3.07. The number of nitrogens with zero attached hydrogens (tertiary/aromatic N) is 1. The first kappa shape index (κ1) is 8.93. The van der Waals surface area contributed by atoms with Crippen molar-refractivity contribution in [2.75, 3.05) is 0 Å². The summed E-state index contributed by atoms with van der Waals surface area (Å²) in [5.74, 6) is -0.327. The molecule has 1 aromatic heterocycles. The normalized spacial score (nSPS) is 10.8. The van der Waals surface area contributed by atoms with E-state index < -0.39 is 0 Å². The van der Waals surface area contributed by atoms with Crippen molar-refractivity contribution in [2.24, 2.45) is 0 Å². The summed E-state index contributed by atoms with van der Waals surface area (Å²) in [7, 11) is 0.